The molecule has 0 aromatic carbocycles. The smallest absolute Gasteiger partial charge is 0.347 e. The van der Waals surface area contributed by atoms with Gasteiger partial charge in [-0.2, -0.15) is 0 Å². The lowest BCUT2D eigenvalue weighted by Crippen LogP contribution is -2.53. The molecule has 0 spiro atoms. The number of carboxylic acid groups (broad SMARTS) is 1. The quantitative estimate of drug-likeness (QED) is 0.567. The third kappa shape index (κ3) is 3.18. The van der Waals surface area contributed by atoms with E-state index < -0.39 is 34.7 Å². The molecular formula is C11H17NO6S2. The van der Waals surface area contributed by atoms with Gasteiger partial charge in [0.05, 0.1) is 18.8 Å². The van der Waals surface area contributed by atoms with Gasteiger partial charge in [0, 0.05) is 0 Å². The summed E-state index contributed by atoms with van der Waals surface area (Å²) in [5, 5.41) is 29.0. The van der Waals surface area contributed by atoms with Crippen LogP contribution >= 0.6 is 11.3 Å². The largest absolute Gasteiger partial charge is 0.477 e. The first-order chi connectivity index (χ1) is 9.23. The minimum atomic E-state index is -4.16. The highest BCUT2D eigenvalue weighted by Gasteiger charge is 2.36. The summed E-state index contributed by atoms with van der Waals surface area (Å²) in [5.74, 6) is -1.33. The number of carboxylic acids is 1. The van der Waals surface area contributed by atoms with Gasteiger partial charge in [-0.3, -0.25) is 0 Å². The third-order valence-corrected chi connectivity index (χ3v) is 5.99. The van der Waals surface area contributed by atoms with Crippen molar-refractivity contribution in [1.82, 2.24) is 4.72 Å². The van der Waals surface area contributed by atoms with Gasteiger partial charge in [-0.15, -0.1) is 11.3 Å². The van der Waals surface area contributed by atoms with E-state index in [2.05, 4.69) is 4.72 Å². The molecule has 0 saturated carbocycles. The van der Waals surface area contributed by atoms with E-state index in [1.54, 1.807) is 6.92 Å². The van der Waals surface area contributed by atoms with E-state index in [1.807, 2.05) is 0 Å². The van der Waals surface area contributed by atoms with E-state index >= 15 is 0 Å². The van der Waals surface area contributed by atoms with Crippen LogP contribution < -0.4 is 4.72 Å². The Kier molecular flexibility index (Phi) is 5.27. The van der Waals surface area contributed by atoms with Gasteiger partial charge in [0.25, 0.3) is 0 Å². The van der Waals surface area contributed by atoms with Crippen LogP contribution in [0.15, 0.2) is 10.3 Å². The van der Waals surface area contributed by atoms with Crippen LogP contribution in [-0.4, -0.2) is 48.5 Å². The summed E-state index contributed by atoms with van der Waals surface area (Å²) in [7, 11) is -4.16. The molecule has 4 N–H and O–H groups in total. The highest BCUT2D eigenvalue weighted by atomic mass is 32.2. The Morgan fingerprint density at radius 2 is 1.95 bits per heavy atom. The molecule has 0 radical (unpaired) electrons. The lowest BCUT2D eigenvalue weighted by atomic mass is 10.0. The Labute approximate surface area is 120 Å². The van der Waals surface area contributed by atoms with Gasteiger partial charge in [-0.05, 0) is 24.3 Å². The number of hydrogen-bond acceptors (Lipinski definition) is 6. The second kappa shape index (κ2) is 6.19. The summed E-state index contributed by atoms with van der Waals surface area (Å²) >= 11 is 0.816. The van der Waals surface area contributed by atoms with Gasteiger partial charge in [0.15, 0.2) is 0 Å². The lowest BCUT2D eigenvalue weighted by Gasteiger charge is -2.29. The minimum absolute atomic E-state index is 0.158. The molecule has 0 aliphatic rings. The number of rotatable bonds is 7. The van der Waals surface area contributed by atoms with Crippen molar-refractivity contribution in [2.75, 3.05) is 13.2 Å². The van der Waals surface area contributed by atoms with Crippen LogP contribution in [-0.2, 0) is 10.0 Å². The first-order valence-corrected chi connectivity index (χ1v) is 8.16. The maximum absolute atomic E-state index is 12.3. The van der Waals surface area contributed by atoms with E-state index in [1.165, 1.54) is 12.3 Å². The zero-order valence-electron chi connectivity index (χ0n) is 11.1. The van der Waals surface area contributed by atoms with E-state index in [0.717, 1.165) is 11.3 Å². The average molecular weight is 323 g/mol. The molecule has 0 unspecified atom stereocenters. The Morgan fingerprint density at radius 3 is 2.35 bits per heavy atom. The van der Waals surface area contributed by atoms with Gasteiger partial charge in [-0.1, -0.05) is 6.92 Å². The molecule has 1 heterocycles. The number of hydrogen-bond donors (Lipinski definition) is 4. The van der Waals surface area contributed by atoms with Crippen LogP contribution in [0.2, 0.25) is 0 Å². The monoisotopic (exact) mass is 323 g/mol. The van der Waals surface area contributed by atoms with Gasteiger partial charge in [0.2, 0.25) is 10.0 Å². The Morgan fingerprint density at radius 1 is 1.40 bits per heavy atom. The van der Waals surface area contributed by atoms with E-state index in [9.17, 15) is 23.4 Å². The Balaban J connectivity index is 3.31. The van der Waals surface area contributed by atoms with E-state index in [0.29, 0.717) is 5.56 Å². The van der Waals surface area contributed by atoms with Crippen molar-refractivity contribution < 1.29 is 28.5 Å². The zero-order valence-corrected chi connectivity index (χ0v) is 12.7. The number of carbonyl (C=O) groups is 1. The summed E-state index contributed by atoms with van der Waals surface area (Å²) in [6, 6.07) is 0. The van der Waals surface area contributed by atoms with Crippen molar-refractivity contribution in [3.8, 4) is 0 Å². The molecule has 0 bridgehead atoms. The highest BCUT2D eigenvalue weighted by molar-refractivity contribution is 7.89. The number of aliphatic hydroxyl groups is 2. The summed E-state index contributed by atoms with van der Waals surface area (Å²) in [5.41, 5.74) is -1.11. The maximum Gasteiger partial charge on any atom is 0.347 e. The molecule has 1 aromatic rings. The van der Waals surface area contributed by atoms with Gasteiger partial charge in [-0.25, -0.2) is 17.9 Å². The van der Waals surface area contributed by atoms with Gasteiger partial charge in [0.1, 0.15) is 9.77 Å². The minimum Gasteiger partial charge on any atom is -0.477 e. The zero-order chi connectivity index (χ0) is 15.6. The Bertz CT molecular complexity index is 580. The van der Waals surface area contributed by atoms with Crippen molar-refractivity contribution in [3.05, 3.63) is 15.8 Å². The van der Waals surface area contributed by atoms with Crippen molar-refractivity contribution >= 4 is 27.3 Å². The van der Waals surface area contributed by atoms with Crippen LogP contribution in [0.25, 0.3) is 0 Å². The molecule has 20 heavy (non-hydrogen) atoms. The van der Waals surface area contributed by atoms with Crippen molar-refractivity contribution in [2.45, 2.75) is 30.7 Å². The number of thiophene rings is 1. The molecule has 0 amide bonds. The van der Waals surface area contributed by atoms with Gasteiger partial charge < -0.3 is 15.3 Å². The predicted octanol–water partition coefficient (Wildman–Crippen LogP) is 0.166. The van der Waals surface area contributed by atoms with Crippen molar-refractivity contribution in [1.29, 1.82) is 0 Å². The summed E-state index contributed by atoms with van der Waals surface area (Å²) in [6.07, 6.45) is 0.158. The fourth-order valence-electron chi connectivity index (χ4n) is 1.66. The molecular weight excluding hydrogens is 306 g/mol. The fourth-order valence-corrected chi connectivity index (χ4v) is 4.75. The first-order valence-electron chi connectivity index (χ1n) is 5.80. The number of sulfonamides is 1. The summed E-state index contributed by atoms with van der Waals surface area (Å²) < 4.78 is 26.9. The first kappa shape index (κ1) is 17.1. The van der Waals surface area contributed by atoms with Crippen molar-refractivity contribution in [3.63, 3.8) is 0 Å². The van der Waals surface area contributed by atoms with Crippen LogP contribution in [0.4, 0.5) is 0 Å². The number of nitrogens with one attached hydrogen (secondary N) is 1. The molecule has 0 fully saturated rings. The topological polar surface area (TPSA) is 124 Å². The molecule has 0 aliphatic carbocycles. The predicted molar refractivity (Wildman–Crippen MR) is 73.5 cm³/mol. The standard InChI is InChI=1S/C11H17NO6S2/c1-3-11(5-13,6-14)12-20(17,18)9-7(2)4-19-8(9)10(15)16/h4,12-14H,3,5-6H2,1-2H3,(H,15,16). The van der Waals surface area contributed by atoms with Crippen LogP contribution in [0.3, 0.4) is 0 Å². The molecule has 0 saturated heterocycles. The second-order valence-corrected chi connectivity index (χ2v) is 6.94. The van der Waals surface area contributed by atoms with Crippen LogP contribution in [0.1, 0.15) is 28.6 Å². The van der Waals surface area contributed by atoms with Gasteiger partial charge >= 0.3 is 5.97 Å². The second-order valence-electron chi connectivity index (χ2n) is 4.44. The lowest BCUT2D eigenvalue weighted by molar-refractivity contribution is 0.0698. The molecule has 114 valence electrons. The fraction of sp³-hybridized carbons (Fsp3) is 0.545. The average Bonchev–Trinajstić information content (AvgIpc) is 2.79. The van der Waals surface area contributed by atoms with Crippen molar-refractivity contribution in [2.24, 2.45) is 0 Å². The normalized spacial score (nSPS) is 12.6. The molecule has 0 atom stereocenters. The number of aryl methyl sites for hydroxylation is 1. The van der Waals surface area contributed by atoms with Crippen LogP contribution in [0.5, 0.6) is 0 Å². The molecule has 1 rings (SSSR count). The summed E-state index contributed by atoms with van der Waals surface area (Å²) in [4.78, 5) is 10.5. The van der Waals surface area contributed by atoms with E-state index in [-0.39, 0.29) is 16.2 Å². The van der Waals surface area contributed by atoms with E-state index in [4.69, 9.17) is 5.11 Å². The third-order valence-electron chi connectivity index (χ3n) is 3.01. The summed E-state index contributed by atoms with van der Waals surface area (Å²) in [6.45, 7) is 1.91. The van der Waals surface area contributed by atoms with Crippen LogP contribution in [0, 0.1) is 6.92 Å². The Hall–Kier alpha value is -1.00. The molecule has 9 heteroatoms. The molecule has 0 aliphatic heterocycles. The number of aromatic carboxylic acids is 1. The SMILES string of the molecule is CCC(CO)(CO)NS(=O)(=O)c1c(C)csc1C(=O)O. The highest BCUT2D eigenvalue weighted by Crippen LogP contribution is 2.28. The molecule has 7 nitrogen and oxygen atoms in total. The molecule has 1 aromatic heterocycles. The number of aliphatic hydroxyl groups excluding tert-OH is 2. The maximum atomic E-state index is 12.3.